The fraction of sp³-hybridized carbons (Fsp3) is 0.167. The van der Waals surface area contributed by atoms with Crippen molar-refractivity contribution in [2.45, 2.75) is 23.1 Å². The predicted molar refractivity (Wildman–Crippen MR) is 125 cm³/mol. The Morgan fingerprint density at radius 2 is 1.53 bits per heavy atom. The van der Waals surface area contributed by atoms with Gasteiger partial charge >= 0.3 is 0 Å². The monoisotopic (exact) mass is 479 g/mol. The lowest BCUT2D eigenvalue weighted by Crippen LogP contribution is -2.28. The molecule has 0 unspecified atom stereocenters. The van der Waals surface area contributed by atoms with E-state index in [1.165, 1.54) is 36.4 Å². The summed E-state index contributed by atoms with van der Waals surface area (Å²) in [6, 6.07) is 17.7. The second-order valence-corrected chi connectivity index (χ2v) is 9.96. The number of non-ortho nitro benzene ring substituents is 1. The van der Waals surface area contributed by atoms with Crippen molar-refractivity contribution in [2.24, 2.45) is 5.92 Å². The summed E-state index contributed by atoms with van der Waals surface area (Å²) in [7, 11) is -3.88. The van der Waals surface area contributed by atoms with Crippen LogP contribution >= 0.6 is 0 Å². The third kappa shape index (κ3) is 4.67. The molecule has 34 heavy (non-hydrogen) atoms. The average Bonchev–Trinajstić information content (AvgIpc) is 3.22. The second kappa shape index (κ2) is 9.06. The van der Waals surface area contributed by atoms with Crippen LogP contribution in [0.3, 0.4) is 0 Å². The predicted octanol–water partition coefficient (Wildman–Crippen LogP) is 3.73. The zero-order valence-electron chi connectivity index (χ0n) is 18.2. The number of anilines is 2. The average molecular weight is 480 g/mol. The lowest BCUT2D eigenvalue weighted by molar-refractivity contribution is -0.384. The van der Waals surface area contributed by atoms with Gasteiger partial charge in [-0.3, -0.25) is 19.7 Å². The number of benzene rings is 3. The Morgan fingerprint density at radius 3 is 2.09 bits per heavy atom. The van der Waals surface area contributed by atoms with Gasteiger partial charge in [-0.25, -0.2) is 8.42 Å². The van der Waals surface area contributed by atoms with Crippen LogP contribution in [0, 0.1) is 23.0 Å². The second-order valence-electron chi connectivity index (χ2n) is 8.01. The quantitative estimate of drug-likeness (QED) is 0.424. The smallest absolute Gasteiger partial charge is 0.269 e. The third-order valence-corrected chi connectivity index (χ3v) is 7.42. The van der Waals surface area contributed by atoms with Crippen molar-refractivity contribution >= 4 is 38.7 Å². The van der Waals surface area contributed by atoms with Gasteiger partial charge in [0.05, 0.1) is 20.6 Å². The minimum Gasteiger partial charge on any atom is -0.326 e. The van der Waals surface area contributed by atoms with E-state index in [-0.39, 0.29) is 40.3 Å². The largest absolute Gasteiger partial charge is 0.326 e. The zero-order chi connectivity index (χ0) is 24.5. The number of nitro benzene ring substituents is 1. The Hall–Kier alpha value is -4.05. The minimum absolute atomic E-state index is 0.0130. The topological polar surface area (TPSA) is 127 Å². The van der Waals surface area contributed by atoms with Crippen LogP contribution in [-0.2, 0) is 19.4 Å². The molecule has 0 aromatic heterocycles. The van der Waals surface area contributed by atoms with Crippen LogP contribution in [0.25, 0.3) is 0 Å². The molecule has 3 aromatic rings. The first kappa shape index (κ1) is 23.1. The van der Waals surface area contributed by atoms with Crippen LogP contribution in [-0.4, -0.2) is 31.7 Å². The zero-order valence-corrected chi connectivity index (χ0v) is 19.0. The Labute approximate surface area is 196 Å². The number of sulfone groups is 1. The first-order valence-corrected chi connectivity index (χ1v) is 11.9. The van der Waals surface area contributed by atoms with Crippen LogP contribution in [0.4, 0.5) is 17.1 Å². The van der Waals surface area contributed by atoms with Crippen LogP contribution in [0.15, 0.2) is 82.6 Å². The summed E-state index contributed by atoms with van der Waals surface area (Å²) >= 11 is 0. The summed E-state index contributed by atoms with van der Waals surface area (Å²) in [5, 5.41) is 13.5. The lowest BCUT2D eigenvalue weighted by Gasteiger charge is -2.17. The molecule has 9 nitrogen and oxygen atoms in total. The van der Waals surface area contributed by atoms with Gasteiger partial charge < -0.3 is 10.2 Å². The summed E-state index contributed by atoms with van der Waals surface area (Å²) in [5.41, 5.74) is 2.01. The molecule has 0 aliphatic carbocycles. The highest BCUT2D eigenvalue weighted by atomic mass is 32.2. The van der Waals surface area contributed by atoms with E-state index in [2.05, 4.69) is 5.32 Å². The number of amides is 2. The first-order chi connectivity index (χ1) is 16.1. The van der Waals surface area contributed by atoms with E-state index in [1.807, 2.05) is 31.2 Å². The van der Waals surface area contributed by atoms with E-state index >= 15 is 0 Å². The summed E-state index contributed by atoms with van der Waals surface area (Å²) in [6.07, 6.45) is 0.0896. The highest BCUT2D eigenvalue weighted by Gasteiger charge is 2.35. The molecule has 1 saturated heterocycles. The molecule has 0 bridgehead atoms. The molecule has 1 fully saturated rings. The Morgan fingerprint density at radius 1 is 0.971 bits per heavy atom. The van der Waals surface area contributed by atoms with Gasteiger partial charge in [0, 0.05) is 36.5 Å². The van der Waals surface area contributed by atoms with E-state index in [0.717, 1.165) is 23.4 Å². The van der Waals surface area contributed by atoms with Crippen molar-refractivity contribution in [2.75, 3.05) is 16.8 Å². The van der Waals surface area contributed by atoms with Crippen LogP contribution in [0.1, 0.15) is 12.0 Å². The molecule has 1 aliphatic rings. The summed E-state index contributed by atoms with van der Waals surface area (Å²) in [5.74, 6) is -0.986. The van der Waals surface area contributed by atoms with Crippen LogP contribution in [0.2, 0.25) is 0 Å². The molecule has 1 N–H and O–H groups in total. The van der Waals surface area contributed by atoms with Crippen molar-refractivity contribution in [1.82, 2.24) is 0 Å². The Bertz CT molecular complexity index is 1350. The molecule has 0 saturated carbocycles. The van der Waals surface area contributed by atoms with E-state index in [1.54, 1.807) is 4.90 Å². The number of aryl methyl sites for hydroxylation is 1. The Balaban J connectivity index is 1.43. The maximum Gasteiger partial charge on any atom is 0.269 e. The molecule has 1 aliphatic heterocycles. The highest BCUT2D eigenvalue weighted by Crippen LogP contribution is 2.27. The van der Waals surface area contributed by atoms with Crippen molar-refractivity contribution in [3.8, 4) is 0 Å². The van der Waals surface area contributed by atoms with E-state index in [9.17, 15) is 28.1 Å². The number of nitro groups is 1. The number of nitrogens with one attached hydrogen (secondary N) is 1. The van der Waals surface area contributed by atoms with E-state index in [4.69, 9.17) is 0 Å². The molecular weight excluding hydrogens is 458 g/mol. The molecule has 174 valence electrons. The lowest BCUT2D eigenvalue weighted by atomic mass is 10.1. The number of carbonyl (C=O) groups is 2. The van der Waals surface area contributed by atoms with E-state index in [0.29, 0.717) is 5.69 Å². The highest BCUT2D eigenvalue weighted by molar-refractivity contribution is 7.91. The number of carbonyl (C=O) groups excluding carboxylic acids is 2. The maximum absolute atomic E-state index is 12.8. The SMILES string of the molecule is Cc1ccc(N2C[C@@H](C(=O)Nc3ccc(S(=O)(=O)c4ccc([N+](=O)[O-])cc4)cc3)CC2=O)cc1. The number of nitrogens with zero attached hydrogens (tertiary/aromatic N) is 2. The van der Waals surface area contributed by atoms with Crippen molar-refractivity contribution in [3.63, 3.8) is 0 Å². The van der Waals surface area contributed by atoms with Crippen LogP contribution < -0.4 is 10.2 Å². The minimum atomic E-state index is -3.88. The number of hydrogen-bond donors (Lipinski definition) is 1. The van der Waals surface area contributed by atoms with Gasteiger partial charge in [0.15, 0.2) is 0 Å². The van der Waals surface area contributed by atoms with E-state index < -0.39 is 20.7 Å². The molecule has 2 amide bonds. The van der Waals surface area contributed by atoms with Gasteiger partial charge in [-0.1, -0.05) is 17.7 Å². The van der Waals surface area contributed by atoms with Crippen molar-refractivity contribution < 1.29 is 22.9 Å². The molecule has 1 atom stereocenters. The fourth-order valence-electron chi connectivity index (χ4n) is 3.70. The van der Waals surface area contributed by atoms with Crippen molar-refractivity contribution in [1.29, 1.82) is 0 Å². The van der Waals surface area contributed by atoms with Gasteiger partial charge in [-0.2, -0.15) is 0 Å². The normalized spacial score (nSPS) is 15.9. The van der Waals surface area contributed by atoms with Gasteiger partial charge in [0.1, 0.15) is 0 Å². The molecule has 10 heteroatoms. The summed E-state index contributed by atoms with van der Waals surface area (Å²) < 4.78 is 25.6. The first-order valence-electron chi connectivity index (χ1n) is 10.4. The molecule has 1 heterocycles. The summed E-state index contributed by atoms with van der Waals surface area (Å²) in [4.78, 5) is 36.8. The van der Waals surface area contributed by atoms with Crippen molar-refractivity contribution in [3.05, 3.63) is 88.5 Å². The van der Waals surface area contributed by atoms with Crippen LogP contribution in [0.5, 0.6) is 0 Å². The van der Waals surface area contributed by atoms with Gasteiger partial charge in [0.2, 0.25) is 21.7 Å². The summed E-state index contributed by atoms with van der Waals surface area (Å²) in [6.45, 7) is 2.22. The number of rotatable bonds is 6. The molecule has 0 spiro atoms. The molecular formula is C24H21N3O6S. The van der Waals surface area contributed by atoms with Gasteiger partial charge in [-0.05, 0) is 55.5 Å². The van der Waals surface area contributed by atoms with Gasteiger partial charge in [0.25, 0.3) is 5.69 Å². The maximum atomic E-state index is 12.8. The third-order valence-electron chi connectivity index (χ3n) is 5.63. The number of hydrogen-bond acceptors (Lipinski definition) is 6. The molecule has 4 rings (SSSR count). The standard InChI is InChI=1S/C24H21N3O6S/c1-16-2-6-19(7-3-16)26-15-17(14-23(26)28)24(29)25-18-4-10-21(11-5-18)34(32,33)22-12-8-20(9-13-22)27(30)31/h2-13,17H,14-15H2,1H3,(H,25,29)/t17-/m0/s1. The molecule has 0 radical (unpaired) electrons. The molecule has 3 aromatic carbocycles. The van der Waals surface area contributed by atoms with Gasteiger partial charge in [-0.15, -0.1) is 0 Å². The Kier molecular flexibility index (Phi) is 6.16. The fourth-order valence-corrected chi connectivity index (χ4v) is 4.96.